The summed E-state index contributed by atoms with van der Waals surface area (Å²) in [6.07, 6.45) is 0.470. The molecular formula is C20H24N4O7. The highest BCUT2D eigenvalue weighted by atomic mass is 16.6. The fourth-order valence-corrected chi connectivity index (χ4v) is 2.85. The lowest BCUT2D eigenvalue weighted by Crippen LogP contribution is -2.28. The largest absolute Gasteiger partial charge is 0.465 e. The summed E-state index contributed by atoms with van der Waals surface area (Å²) in [6.45, 7) is 4.52. The summed E-state index contributed by atoms with van der Waals surface area (Å²) in [4.78, 5) is 44.2. The number of carbonyl (C=O) groups excluding carboxylic acids is 2. The number of aromatic nitrogens is 2. The predicted molar refractivity (Wildman–Crippen MR) is 110 cm³/mol. The number of aliphatic hydroxyl groups is 1. The molecule has 1 heterocycles. The number of aliphatic hydroxyl groups excluding tert-OH is 1. The number of nitrogens with zero attached hydrogens (tertiary/aromatic N) is 3. The molecule has 0 atom stereocenters. The van der Waals surface area contributed by atoms with Gasteiger partial charge in [0.2, 0.25) is 11.7 Å². The first-order valence-electron chi connectivity index (χ1n) is 9.65. The first kappa shape index (κ1) is 23.7. The Morgan fingerprint density at radius 3 is 2.19 bits per heavy atom. The number of anilines is 2. The van der Waals surface area contributed by atoms with E-state index < -0.39 is 34.2 Å². The first-order valence-corrected chi connectivity index (χ1v) is 9.65. The van der Waals surface area contributed by atoms with Crippen LogP contribution < -0.4 is 5.32 Å². The molecular weight excluding hydrogens is 408 g/mol. The van der Waals surface area contributed by atoms with E-state index in [1.54, 1.807) is 38.1 Å². The van der Waals surface area contributed by atoms with Gasteiger partial charge in [-0.2, -0.15) is 0 Å². The molecule has 1 aromatic carbocycles. The van der Waals surface area contributed by atoms with Crippen LogP contribution in [0.25, 0.3) is 0 Å². The van der Waals surface area contributed by atoms with Gasteiger partial charge in [-0.05, 0) is 44.9 Å². The third kappa shape index (κ3) is 5.95. The molecule has 0 saturated heterocycles. The molecule has 1 aromatic heterocycles. The molecule has 0 saturated carbocycles. The molecule has 166 valence electrons. The van der Waals surface area contributed by atoms with Crippen LogP contribution >= 0.6 is 0 Å². The van der Waals surface area contributed by atoms with Gasteiger partial charge >= 0.3 is 17.6 Å². The van der Waals surface area contributed by atoms with E-state index in [2.05, 4.69) is 15.3 Å². The minimum Gasteiger partial charge on any atom is -0.465 e. The number of ether oxygens (including phenoxy) is 2. The number of nitrogens with one attached hydrogen (secondary N) is 1. The lowest BCUT2D eigenvalue weighted by atomic mass is 10.0. The number of nitro groups is 1. The zero-order valence-corrected chi connectivity index (χ0v) is 17.5. The van der Waals surface area contributed by atoms with E-state index in [4.69, 9.17) is 14.6 Å². The van der Waals surface area contributed by atoms with Gasteiger partial charge in [0.05, 0.1) is 18.1 Å². The van der Waals surface area contributed by atoms with Gasteiger partial charge in [0.15, 0.2) is 0 Å². The summed E-state index contributed by atoms with van der Waals surface area (Å²) >= 11 is 0. The lowest BCUT2D eigenvalue weighted by Gasteiger charge is -2.16. The molecule has 11 nitrogen and oxygen atoms in total. The Bertz CT molecular complexity index is 929. The monoisotopic (exact) mass is 432 g/mol. The molecule has 0 bridgehead atoms. The molecule has 0 aliphatic carbocycles. The maximum atomic E-state index is 12.5. The van der Waals surface area contributed by atoms with Gasteiger partial charge in [-0.1, -0.05) is 12.1 Å². The lowest BCUT2D eigenvalue weighted by molar-refractivity contribution is -0.385. The average molecular weight is 432 g/mol. The molecule has 2 N–H and O–H groups in total. The summed E-state index contributed by atoms with van der Waals surface area (Å²) in [5.74, 6) is -3.79. The summed E-state index contributed by atoms with van der Waals surface area (Å²) in [6, 6.07) is 6.83. The molecule has 2 aromatic rings. The van der Waals surface area contributed by atoms with Crippen LogP contribution in [0.4, 0.5) is 17.2 Å². The minimum absolute atomic E-state index is 0.00415. The third-order valence-electron chi connectivity index (χ3n) is 4.14. The Morgan fingerprint density at radius 1 is 1.13 bits per heavy atom. The van der Waals surface area contributed by atoms with Crippen LogP contribution in [0.1, 0.15) is 36.8 Å². The second-order valence-electron chi connectivity index (χ2n) is 6.34. The van der Waals surface area contributed by atoms with Crippen LogP contribution in [0.2, 0.25) is 0 Å². The van der Waals surface area contributed by atoms with Crippen molar-refractivity contribution in [1.82, 2.24) is 9.97 Å². The van der Waals surface area contributed by atoms with Crippen LogP contribution in [-0.2, 0) is 25.5 Å². The van der Waals surface area contributed by atoms with Crippen LogP contribution in [0.5, 0.6) is 0 Å². The maximum Gasteiger partial charge on any atom is 0.334 e. The first-order chi connectivity index (χ1) is 14.8. The van der Waals surface area contributed by atoms with Crippen molar-refractivity contribution in [3.05, 3.63) is 51.5 Å². The topological polar surface area (TPSA) is 154 Å². The van der Waals surface area contributed by atoms with E-state index in [1.807, 2.05) is 0 Å². The van der Waals surface area contributed by atoms with E-state index in [0.29, 0.717) is 12.1 Å². The van der Waals surface area contributed by atoms with E-state index in [9.17, 15) is 19.7 Å². The van der Waals surface area contributed by atoms with Crippen molar-refractivity contribution in [3.8, 4) is 0 Å². The van der Waals surface area contributed by atoms with E-state index in [1.165, 1.54) is 6.92 Å². The van der Waals surface area contributed by atoms with Gasteiger partial charge in [-0.25, -0.2) is 9.97 Å². The zero-order valence-electron chi connectivity index (χ0n) is 17.5. The molecule has 0 radical (unpaired) electrons. The van der Waals surface area contributed by atoms with Crippen molar-refractivity contribution in [2.45, 2.75) is 33.1 Å². The van der Waals surface area contributed by atoms with Crippen molar-refractivity contribution in [3.63, 3.8) is 0 Å². The fraction of sp³-hybridized carbons (Fsp3) is 0.400. The number of benzene rings is 1. The molecule has 31 heavy (non-hydrogen) atoms. The molecule has 11 heteroatoms. The van der Waals surface area contributed by atoms with Gasteiger partial charge in [-0.3, -0.25) is 19.7 Å². The molecule has 0 amide bonds. The smallest absolute Gasteiger partial charge is 0.334 e. The zero-order chi connectivity index (χ0) is 23.0. The number of rotatable bonds is 10. The summed E-state index contributed by atoms with van der Waals surface area (Å²) in [7, 11) is 0. The Labute approximate surface area is 178 Å². The minimum atomic E-state index is -1.73. The van der Waals surface area contributed by atoms with Crippen molar-refractivity contribution in [2.24, 2.45) is 0 Å². The molecule has 0 aliphatic rings. The predicted octanol–water partition coefficient (Wildman–Crippen LogP) is 2.18. The van der Waals surface area contributed by atoms with Crippen molar-refractivity contribution < 1.29 is 29.1 Å². The van der Waals surface area contributed by atoms with Crippen molar-refractivity contribution >= 4 is 29.1 Å². The number of hydrogen-bond donors (Lipinski definition) is 2. The number of esters is 2. The van der Waals surface area contributed by atoms with Gasteiger partial charge in [0, 0.05) is 12.3 Å². The SMILES string of the molecule is CCOC(=O)C(C(=O)OCC)c1nc(C)nc(Nc2ccc(CCO)cc2)c1[N+](=O)[O-]. The molecule has 0 aliphatic heterocycles. The highest BCUT2D eigenvalue weighted by molar-refractivity contribution is 6.01. The highest BCUT2D eigenvalue weighted by Crippen LogP contribution is 2.34. The summed E-state index contributed by atoms with van der Waals surface area (Å²) in [5, 5.41) is 23.8. The second-order valence-corrected chi connectivity index (χ2v) is 6.34. The van der Waals surface area contributed by atoms with Gasteiger partial charge in [-0.15, -0.1) is 0 Å². The van der Waals surface area contributed by atoms with Gasteiger partial charge in [0.25, 0.3) is 0 Å². The number of aryl methyl sites for hydroxylation is 1. The average Bonchev–Trinajstić information content (AvgIpc) is 2.69. The Morgan fingerprint density at radius 2 is 1.71 bits per heavy atom. The molecule has 0 spiro atoms. The normalized spacial score (nSPS) is 10.6. The standard InChI is InChI=1S/C20H24N4O7/c1-4-30-19(26)15(20(27)31-5-2)16-17(24(28)29)18(22-12(3)21-16)23-14-8-6-13(7-9-14)10-11-25/h6-9,15,25H,4-5,10-11H2,1-3H3,(H,21,22,23). The van der Waals surface area contributed by atoms with Crippen molar-refractivity contribution in [2.75, 3.05) is 25.1 Å². The van der Waals surface area contributed by atoms with E-state index in [-0.39, 0.29) is 31.5 Å². The molecule has 0 unspecified atom stereocenters. The quantitative estimate of drug-likeness (QED) is 0.247. The second kappa shape index (κ2) is 11.0. The number of hydrogen-bond acceptors (Lipinski definition) is 10. The van der Waals surface area contributed by atoms with Gasteiger partial charge < -0.3 is 19.9 Å². The third-order valence-corrected chi connectivity index (χ3v) is 4.14. The maximum absolute atomic E-state index is 12.5. The number of carbonyl (C=O) groups is 2. The fourth-order valence-electron chi connectivity index (χ4n) is 2.85. The van der Waals surface area contributed by atoms with Crippen molar-refractivity contribution in [1.29, 1.82) is 0 Å². The summed E-state index contributed by atoms with van der Waals surface area (Å²) < 4.78 is 9.86. The van der Waals surface area contributed by atoms with Crippen LogP contribution in [0.15, 0.2) is 24.3 Å². The Hall–Kier alpha value is -3.60. The van der Waals surface area contributed by atoms with Crippen LogP contribution in [-0.4, -0.2) is 51.8 Å². The Balaban J connectivity index is 2.57. The van der Waals surface area contributed by atoms with E-state index >= 15 is 0 Å². The Kier molecular flexibility index (Phi) is 8.38. The van der Waals surface area contributed by atoms with Gasteiger partial charge in [0.1, 0.15) is 11.5 Å². The van der Waals surface area contributed by atoms with Crippen LogP contribution in [0.3, 0.4) is 0 Å². The highest BCUT2D eigenvalue weighted by Gasteiger charge is 2.40. The molecule has 0 fully saturated rings. The summed E-state index contributed by atoms with van der Waals surface area (Å²) in [5.41, 5.74) is 0.328. The molecule has 2 rings (SSSR count). The van der Waals surface area contributed by atoms with Crippen LogP contribution in [0, 0.1) is 17.0 Å². The van der Waals surface area contributed by atoms with E-state index in [0.717, 1.165) is 5.56 Å².